The smallest absolute Gasteiger partial charge is 0.254 e. The van der Waals surface area contributed by atoms with E-state index in [2.05, 4.69) is 23.0 Å². The molecule has 6 nitrogen and oxygen atoms in total. The zero-order valence-corrected chi connectivity index (χ0v) is 17.8. The molecular formula is C25H26N4O2. The highest BCUT2D eigenvalue weighted by Crippen LogP contribution is 2.30. The second kappa shape index (κ2) is 7.92. The van der Waals surface area contributed by atoms with Crippen LogP contribution in [0.2, 0.25) is 0 Å². The lowest BCUT2D eigenvalue weighted by atomic mass is 9.83. The van der Waals surface area contributed by atoms with E-state index in [1.165, 1.54) is 16.0 Å². The molecule has 2 aliphatic rings. The molecule has 0 spiro atoms. The fraction of sp³-hybridized carbons (Fsp3) is 0.320. The van der Waals surface area contributed by atoms with Crippen molar-refractivity contribution in [2.45, 2.75) is 45.4 Å². The number of fused-ring (bicyclic) bond motifs is 1. The van der Waals surface area contributed by atoms with Crippen LogP contribution in [0.3, 0.4) is 0 Å². The largest absolute Gasteiger partial charge is 0.369 e. The van der Waals surface area contributed by atoms with Gasteiger partial charge in [-0.3, -0.25) is 14.5 Å². The van der Waals surface area contributed by atoms with E-state index in [0.717, 1.165) is 5.56 Å². The van der Waals surface area contributed by atoms with Crippen molar-refractivity contribution in [1.29, 1.82) is 0 Å². The minimum atomic E-state index is -0.888. The van der Waals surface area contributed by atoms with E-state index >= 15 is 0 Å². The van der Waals surface area contributed by atoms with Crippen LogP contribution in [0.15, 0.2) is 53.5 Å². The molecule has 0 bridgehead atoms. The number of aliphatic imine (C=N–C) groups is 1. The van der Waals surface area contributed by atoms with Gasteiger partial charge in [0.05, 0.1) is 13.0 Å². The molecule has 2 N–H and O–H groups in total. The summed E-state index contributed by atoms with van der Waals surface area (Å²) in [5.41, 5.74) is 9.09. The Morgan fingerprint density at radius 3 is 2.29 bits per heavy atom. The number of carbonyl (C=O) groups is 2. The van der Waals surface area contributed by atoms with Gasteiger partial charge in [-0.05, 0) is 34.7 Å². The van der Waals surface area contributed by atoms with Gasteiger partial charge in [-0.15, -0.1) is 6.42 Å². The highest BCUT2D eigenvalue weighted by Gasteiger charge is 2.40. The number of hydrogen-bond donors (Lipinski definition) is 1. The van der Waals surface area contributed by atoms with Gasteiger partial charge in [0.1, 0.15) is 5.54 Å². The molecular weight excluding hydrogens is 388 g/mol. The van der Waals surface area contributed by atoms with Gasteiger partial charge < -0.3 is 10.6 Å². The molecule has 6 heteroatoms. The monoisotopic (exact) mass is 414 g/mol. The predicted molar refractivity (Wildman–Crippen MR) is 120 cm³/mol. The van der Waals surface area contributed by atoms with E-state index in [-0.39, 0.29) is 36.7 Å². The number of terminal acetylenes is 1. The van der Waals surface area contributed by atoms with Crippen molar-refractivity contribution in [1.82, 2.24) is 9.80 Å². The van der Waals surface area contributed by atoms with Crippen molar-refractivity contribution in [2.75, 3.05) is 0 Å². The van der Waals surface area contributed by atoms with Gasteiger partial charge in [0.25, 0.3) is 5.91 Å². The Bertz CT molecular complexity index is 1070. The first-order chi connectivity index (χ1) is 14.8. The normalized spacial score (nSPS) is 20.5. The standard InChI is InChI=1S/C25H26N4O2/c1-4-25(17(2)3)13-22(30)29(24(26)27-25)14-18-9-11-19(12-10-18)23(31)28-15-20-7-5-6-8-21(20)16-28/h1,5-12,17H,13-16H2,2-3H3,(H2,26,27)/t25-/m0/s1. The third-order valence-corrected chi connectivity index (χ3v) is 6.19. The van der Waals surface area contributed by atoms with Crippen molar-refractivity contribution in [2.24, 2.45) is 16.6 Å². The van der Waals surface area contributed by atoms with Gasteiger partial charge in [-0.2, -0.15) is 0 Å². The summed E-state index contributed by atoms with van der Waals surface area (Å²) in [7, 11) is 0. The first kappa shape index (κ1) is 20.7. The topological polar surface area (TPSA) is 79.0 Å². The summed E-state index contributed by atoms with van der Waals surface area (Å²) >= 11 is 0. The van der Waals surface area contributed by atoms with Crippen molar-refractivity contribution < 1.29 is 9.59 Å². The van der Waals surface area contributed by atoms with Crippen LogP contribution < -0.4 is 5.73 Å². The number of nitrogens with zero attached hydrogens (tertiary/aromatic N) is 3. The number of hydrogen-bond acceptors (Lipinski definition) is 4. The van der Waals surface area contributed by atoms with Gasteiger partial charge in [-0.1, -0.05) is 56.2 Å². The minimum Gasteiger partial charge on any atom is -0.369 e. The molecule has 158 valence electrons. The summed E-state index contributed by atoms with van der Waals surface area (Å²) in [6.45, 7) is 5.41. The number of carbonyl (C=O) groups excluding carboxylic acids is 2. The van der Waals surface area contributed by atoms with E-state index in [1.54, 1.807) is 12.1 Å². The van der Waals surface area contributed by atoms with E-state index in [9.17, 15) is 9.59 Å². The molecule has 2 aromatic carbocycles. The average Bonchev–Trinajstić information content (AvgIpc) is 3.20. The summed E-state index contributed by atoms with van der Waals surface area (Å²) < 4.78 is 0. The van der Waals surface area contributed by atoms with Gasteiger partial charge in [-0.25, -0.2) is 4.99 Å². The fourth-order valence-corrected chi connectivity index (χ4v) is 4.11. The quantitative estimate of drug-likeness (QED) is 0.782. The Hall–Kier alpha value is -3.59. The second-order valence-corrected chi connectivity index (χ2v) is 8.48. The molecule has 2 heterocycles. The lowest BCUT2D eigenvalue weighted by Gasteiger charge is -2.36. The molecule has 0 aliphatic carbocycles. The second-order valence-electron chi connectivity index (χ2n) is 8.48. The third-order valence-electron chi connectivity index (χ3n) is 6.19. The van der Waals surface area contributed by atoms with Crippen molar-refractivity contribution in [3.63, 3.8) is 0 Å². The first-order valence-electron chi connectivity index (χ1n) is 10.4. The Morgan fingerprint density at radius 2 is 1.77 bits per heavy atom. The van der Waals surface area contributed by atoms with E-state index < -0.39 is 5.54 Å². The average molecular weight is 415 g/mol. The third kappa shape index (κ3) is 3.79. The van der Waals surface area contributed by atoms with Crippen LogP contribution >= 0.6 is 0 Å². The molecule has 0 saturated heterocycles. The Morgan fingerprint density at radius 1 is 1.16 bits per heavy atom. The zero-order chi connectivity index (χ0) is 22.2. The molecule has 0 radical (unpaired) electrons. The van der Waals surface area contributed by atoms with Crippen molar-refractivity contribution in [3.05, 3.63) is 70.8 Å². The molecule has 31 heavy (non-hydrogen) atoms. The molecule has 2 aliphatic heterocycles. The summed E-state index contributed by atoms with van der Waals surface area (Å²) in [6, 6.07) is 15.4. The molecule has 0 fully saturated rings. The Labute approximate surface area is 182 Å². The van der Waals surface area contributed by atoms with Crippen LogP contribution in [-0.4, -0.2) is 33.1 Å². The van der Waals surface area contributed by atoms with E-state index in [1.807, 2.05) is 43.0 Å². The highest BCUT2D eigenvalue weighted by molar-refractivity contribution is 5.99. The van der Waals surface area contributed by atoms with E-state index in [4.69, 9.17) is 12.2 Å². The number of rotatable bonds is 4. The number of amides is 2. The maximum absolute atomic E-state index is 12.9. The number of nitrogens with two attached hydrogens (primary N) is 1. The van der Waals surface area contributed by atoms with E-state index in [0.29, 0.717) is 18.7 Å². The molecule has 4 rings (SSSR count). The summed E-state index contributed by atoms with van der Waals surface area (Å²) in [5, 5.41) is 0. The van der Waals surface area contributed by atoms with Gasteiger partial charge >= 0.3 is 0 Å². The summed E-state index contributed by atoms with van der Waals surface area (Å²) in [6.07, 6.45) is 5.80. The van der Waals surface area contributed by atoms with Crippen molar-refractivity contribution >= 4 is 17.8 Å². The number of guanidine groups is 1. The zero-order valence-electron chi connectivity index (χ0n) is 17.8. The molecule has 2 aromatic rings. The molecule has 1 atom stereocenters. The Kier molecular flexibility index (Phi) is 5.28. The van der Waals surface area contributed by atoms with Crippen LogP contribution in [0.25, 0.3) is 0 Å². The SMILES string of the molecule is C#C[C@@]1(C(C)C)CC(=O)N(Cc2ccc(C(=O)N3Cc4ccccc4C3)cc2)C(N)=N1. The highest BCUT2D eigenvalue weighted by atomic mass is 16.2. The maximum atomic E-state index is 12.9. The van der Waals surface area contributed by atoms with Gasteiger partial charge in [0.2, 0.25) is 5.91 Å². The van der Waals surface area contributed by atoms with Crippen LogP contribution in [0.1, 0.15) is 47.3 Å². The van der Waals surface area contributed by atoms with Crippen molar-refractivity contribution in [3.8, 4) is 12.3 Å². The van der Waals surface area contributed by atoms with Crippen LogP contribution in [0.4, 0.5) is 0 Å². The number of benzene rings is 2. The van der Waals surface area contributed by atoms with Crippen LogP contribution in [-0.2, 0) is 24.4 Å². The molecule has 0 aromatic heterocycles. The molecule has 0 unspecified atom stereocenters. The maximum Gasteiger partial charge on any atom is 0.254 e. The summed E-state index contributed by atoms with van der Waals surface area (Å²) in [4.78, 5) is 33.4. The van der Waals surface area contributed by atoms with Gasteiger partial charge in [0, 0.05) is 18.7 Å². The van der Waals surface area contributed by atoms with Gasteiger partial charge in [0.15, 0.2) is 5.96 Å². The lowest BCUT2D eigenvalue weighted by molar-refractivity contribution is -0.129. The molecule has 2 amide bonds. The lowest BCUT2D eigenvalue weighted by Crippen LogP contribution is -2.52. The Balaban J connectivity index is 1.46. The van der Waals surface area contributed by atoms with Crippen LogP contribution in [0, 0.1) is 18.3 Å². The molecule has 0 saturated carbocycles. The minimum absolute atomic E-state index is 0.00386. The predicted octanol–water partition coefficient (Wildman–Crippen LogP) is 2.92. The fourth-order valence-electron chi connectivity index (χ4n) is 4.11. The first-order valence-corrected chi connectivity index (χ1v) is 10.4. The summed E-state index contributed by atoms with van der Waals surface area (Å²) in [5.74, 6) is 2.65. The van der Waals surface area contributed by atoms with Crippen LogP contribution in [0.5, 0.6) is 0 Å².